The predicted octanol–water partition coefficient (Wildman–Crippen LogP) is 4.17. The smallest absolute Gasteiger partial charge is 0.295 e. The number of hydrogen-bond acceptors (Lipinski definition) is 6. The van der Waals surface area contributed by atoms with E-state index in [4.69, 9.17) is 14.2 Å². The Bertz CT molecular complexity index is 1090. The molecule has 7 heteroatoms. The lowest BCUT2D eigenvalue weighted by Gasteiger charge is -2.27. The normalized spacial score (nSPS) is 17.7. The third kappa shape index (κ3) is 4.73. The number of aliphatic hydroxyl groups excluding tert-OH is 1. The van der Waals surface area contributed by atoms with Crippen LogP contribution in [-0.2, 0) is 14.3 Å². The first-order chi connectivity index (χ1) is 15.7. The highest BCUT2D eigenvalue weighted by Crippen LogP contribution is 2.43. The van der Waals surface area contributed by atoms with E-state index in [1.807, 2.05) is 39.8 Å². The molecule has 1 unspecified atom stereocenters. The number of methoxy groups -OCH3 is 2. The molecular weight excluding hydrogens is 422 g/mol. The van der Waals surface area contributed by atoms with Crippen molar-refractivity contribution >= 4 is 17.4 Å². The summed E-state index contributed by atoms with van der Waals surface area (Å²) in [6.07, 6.45) is -0.0172. The molecule has 2 aromatic carbocycles. The van der Waals surface area contributed by atoms with E-state index in [9.17, 15) is 14.7 Å². The number of aliphatic hydroxyl groups is 1. The van der Waals surface area contributed by atoms with Crippen molar-refractivity contribution in [2.24, 2.45) is 0 Å². The highest BCUT2D eigenvalue weighted by Gasteiger charge is 2.47. The van der Waals surface area contributed by atoms with Crippen LogP contribution in [0.5, 0.6) is 11.5 Å². The monoisotopic (exact) mass is 453 g/mol. The zero-order valence-corrected chi connectivity index (χ0v) is 20.0. The maximum atomic E-state index is 13.2. The summed E-state index contributed by atoms with van der Waals surface area (Å²) >= 11 is 0. The van der Waals surface area contributed by atoms with Crippen LogP contribution >= 0.6 is 0 Å². The lowest BCUT2D eigenvalue weighted by molar-refractivity contribution is -0.140. The first-order valence-electron chi connectivity index (χ1n) is 10.9. The van der Waals surface area contributed by atoms with E-state index < -0.39 is 17.7 Å². The number of hydrogen-bond donors (Lipinski definition) is 1. The van der Waals surface area contributed by atoms with Crippen LogP contribution in [0.2, 0.25) is 0 Å². The van der Waals surface area contributed by atoms with Gasteiger partial charge in [-0.3, -0.25) is 9.59 Å². The van der Waals surface area contributed by atoms with Gasteiger partial charge in [0.2, 0.25) is 0 Å². The minimum Gasteiger partial charge on any atom is -0.507 e. The molecule has 1 N–H and O–H groups in total. The molecule has 0 spiro atoms. The second kappa shape index (κ2) is 10.1. The molecule has 1 aliphatic heterocycles. The third-order valence-corrected chi connectivity index (χ3v) is 5.75. The highest BCUT2D eigenvalue weighted by molar-refractivity contribution is 6.46. The molecule has 1 saturated heterocycles. The molecule has 1 fully saturated rings. The van der Waals surface area contributed by atoms with Crippen molar-refractivity contribution < 1.29 is 28.9 Å². The van der Waals surface area contributed by atoms with E-state index in [1.165, 1.54) is 12.0 Å². The van der Waals surface area contributed by atoms with E-state index in [2.05, 4.69) is 0 Å². The highest BCUT2D eigenvalue weighted by atomic mass is 16.5. The minimum atomic E-state index is -0.807. The molecule has 7 nitrogen and oxygen atoms in total. The quantitative estimate of drug-likeness (QED) is 0.367. The van der Waals surface area contributed by atoms with E-state index in [-0.39, 0.29) is 30.6 Å². The summed E-state index contributed by atoms with van der Waals surface area (Å²) < 4.78 is 16.5. The van der Waals surface area contributed by atoms with Gasteiger partial charge in [0.05, 0.1) is 38.5 Å². The Morgan fingerprint density at radius 3 is 2.33 bits per heavy atom. The average Bonchev–Trinajstić information content (AvgIpc) is 3.04. The first kappa shape index (κ1) is 24.3. The topological polar surface area (TPSA) is 85.3 Å². The number of para-hydroxylation sites is 1. The Kier molecular flexibility index (Phi) is 7.43. The Hall–Kier alpha value is -3.32. The summed E-state index contributed by atoms with van der Waals surface area (Å²) in [5.41, 5.74) is 2.65. The second-order valence-corrected chi connectivity index (χ2v) is 8.29. The molecule has 0 aliphatic carbocycles. The molecule has 0 bridgehead atoms. The number of carbonyl (C=O) groups is 2. The summed E-state index contributed by atoms with van der Waals surface area (Å²) in [7, 11) is 3.11. The van der Waals surface area contributed by atoms with Crippen LogP contribution in [0, 0.1) is 13.8 Å². The minimum absolute atomic E-state index is 0.0172. The molecule has 3 rings (SSSR count). The second-order valence-electron chi connectivity index (χ2n) is 8.29. The van der Waals surface area contributed by atoms with Crippen molar-refractivity contribution in [2.45, 2.75) is 39.8 Å². The lowest BCUT2D eigenvalue weighted by Crippen LogP contribution is -2.33. The van der Waals surface area contributed by atoms with Crippen LogP contribution in [0.15, 0.2) is 42.0 Å². The van der Waals surface area contributed by atoms with Gasteiger partial charge in [-0.25, -0.2) is 0 Å². The Balaban J connectivity index is 2.20. The van der Waals surface area contributed by atoms with Crippen LogP contribution in [0.25, 0.3) is 5.76 Å². The predicted molar refractivity (Wildman–Crippen MR) is 126 cm³/mol. The van der Waals surface area contributed by atoms with E-state index in [0.29, 0.717) is 22.6 Å². The average molecular weight is 454 g/mol. The summed E-state index contributed by atoms with van der Waals surface area (Å²) in [5, 5.41) is 11.4. The van der Waals surface area contributed by atoms with Crippen LogP contribution in [-0.4, -0.2) is 55.2 Å². The van der Waals surface area contributed by atoms with Crippen molar-refractivity contribution in [1.82, 2.24) is 4.90 Å². The number of rotatable bonds is 8. The molecule has 33 heavy (non-hydrogen) atoms. The van der Waals surface area contributed by atoms with E-state index >= 15 is 0 Å². The van der Waals surface area contributed by atoms with Crippen molar-refractivity contribution in [2.75, 3.05) is 27.4 Å². The molecule has 0 aromatic heterocycles. The Labute approximate surface area is 194 Å². The van der Waals surface area contributed by atoms with Gasteiger partial charge >= 0.3 is 0 Å². The van der Waals surface area contributed by atoms with Gasteiger partial charge in [0.1, 0.15) is 17.3 Å². The number of nitrogens with zero attached hydrogens (tertiary/aromatic N) is 1. The molecule has 0 radical (unpaired) electrons. The van der Waals surface area contributed by atoms with Crippen molar-refractivity contribution in [3.63, 3.8) is 0 Å². The summed E-state index contributed by atoms with van der Waals surface area (Å²) in [6.45, 7) is 7.94. The molecule has 1 amide bonds. The summed E-state index contributed by atoms with van der Waals surface area (Å²) in [6, 6.07) is 9.94. The van der Waals surface area contributed by atoms with Crippen molar-refractivity contribution in [3.8, 4) is 11.5 Å². The van der Waals surface area contributed by atoms with Gasteiger partial charge in [0, 0.05) is 17.7 Å². The fourth-order valence-corrected chi connectivity index (χ4v) is 4.12. The fraction of sp³-hybridized carbons (Fsp3) is 0.385. The summed E-state index contributed by atoms with van der Waals surface area (Å²) in [4.78, 5) is 27.7. The van der Waals surface area contributed by atoms with Gasteiger partial charge in [0.25, 0.3) is 11.7 Å². The molecule has 0 saturated carbocycles. The zero-order valence-electron chi connectivity index (χ0n) is 20.0. The van der Waals surface area contributed by atoms with Crippen LogP contribution in [0.4, 0.5) is 0 Å². The van der Waals surface area contributed by atoms with E-state index in [1.54, 1.807) is 31.4 Å². The van der Waals surface area contributed by atoms with Gasteiger partial charge in [-0.15, -0.1) is 0 Å². The number of likely N-dealkylation sites (tertiary alicyclic amines) is 1. The van der Waals surface area contributed by atoms with Crippen molar-refractivity contribution in [1.29, 1.82) is 0 Å². The van der Waals surface area contributed by atoms with Crippen LogP contribution in [0.3, 0.4) is 0 Å². The molecule has 2 aromatic rings. The van der Waals surface area contributed by atoms with Gasteiger partial charge in [-0.1, -0.05) is 18.2 Å². The van der Waals surface area contributed by atoms with Crippen molar-refractivity contribution in [3.05, 3.63) is 64.2 Å². The molecule has 1 aliphatic rings. The van der Waals surface area contributed by atoms with Gasteiger partial charge < -0.3 is 24.2 Å². The Morgan fingerprint density at radius 2 is 1.70 bits per heavy atom. The van der Waals surface area contributed by atoms with Gasteiger partial charge in [0.15, 0.2) is 0 Å². The SMILES string of the molecule is COc1cc(C)c(/C(O)=C2\C(=O)C(=O)N(CCOC(C)C)C2c2ccccc2OC)cc1C. The maximum absolute atomic E-state index is 13.2. The summed E-state index contributed by atoms with van der Waals surface area (Å²) in [5.74, 6) is -0.437. The Morgan fingerprint density at radius 1 is 1.03 bits per heavy atom. The van der Waals surface area contributed by atoms with Gasteiger partial charge in [-0.2, -0.15) is 0 Å². The van der Waals surface area contributed by atoms with E-state index in [0.717, 1.165) is 11.1 Å². The first-order valence-corrected chi connectivity index (χ1v) is 10.9. The maximum Gasteiger partial charge on any atom is 0.295 e. The standard InChI is InChI=1S/C26H31NO6/c1-15(2)33-12-11-27-23(18-9-7-8-10-20(18)31-5)22(25(29)26(27)30)24(28)19-13-17(4)21(32-6)14-16(19)3/h7-10,13-15,23,28H,11-12H2,1-6H3/b24-22+. The number of ether oxygens (including phenoxy) is 3. The lowest BCUT2D eigenvalue weighted by atomic mass is 9.92. The zero-order chi connectivity index (χ0) is 24.3. The van der Waals surface area contributed by atoms with Crippen LogP contribution in [0.1, 0.15) is 42.1 Å². The third-order valence-electron chi connectivity index (χ3n) is 5.75. The number of carbonyl (C=O) groups excluding carboxylic acids is 2. The number of benzene rings is 2. The molecule has 1 heterocycles. The number of amides is 1. The fourth-order valence-electron chi connectivity index (χ4n) is 4.12. The molecular formula is C26H31NO6. The largest absolute Gasteiger partial charge is 0.507 e. The molecule has 1 atom stereocenters. The number of ketones is 1. The van der Waals surface area contributed by atoms with Gasteiger partial charge in [-0.05, 0) is 57.0 Å². The van der Waals surface area contributed by atoms with Crippen LogP contribution < -0.4 is 9.47 Å². The number of aryl methyl sites for hydroxylation is 2. The molecule has 176 valence electrons. The number of Topliss-reactive ketones (excluding diaryl/α,β-unsaturated/α-hetero) is 1.